The number of imidazole rings is 2. The Morgan fingerprint density at radius 1 is 1.07 bits per heavy atom. The molecule has 2 aliphatic rings. The number of hydrogen-bond donors (Lipinski definition) is 6. The lowest BCUT2D eigenvalue weighted by Crippen LogP contribution is -2.35. The lowest BCUT2D eigenvalue weighted by Gasteiger charge is -2.24. The number of nitrogens with zero attached hydrogens (tertiary/aromatic N) is 7. The number of aliphatic hydroxyl groups is 2. The van der Waals surface area contributed by atoms with Gasteiger partial charge in [-0.05, 0) is 0 Å². The highest BCUT2D eigenvalue weighted by Gasteiger charge is 2.51. The maximum absolute atomic E-state index is 15.3. The molecule has 22 heteroatoms. The van der Waals surface area contributed by atoms with Gasteiger partial charge in [0, 0.05) is 7.11 Å². The van der Waals surface area contributed by atoms with Crippen molar-refractivity contribution in [2.75, 3.05) is 31.8 Å². The fourth-order valence-corrected chi connectivity index (χ4v) is 5.97. The van der Waals surface area contributed by atoms with Crippen LogP contribution in [0, 0.1) is 0 Å². The van der Waals surface area contributed by atoms with Crippen LogP contribution in [0.3, 0.4) is 0 Å². The van der Waals surface area contributed by atoms with Gasteiger partial charge in [-0.3, -0.25) is 28.0 Å². The number of alkyl halides is 1. The van der Waals surface area contributed by atoms with E-state index >= 15 is 4.39 Å². The Labute approximate surface area is 239 Å². The van der Waals surface area contributed by atoms with Gasteiger partial charge in [0.25, 0.3) is 5.56 Å². The minimum Gasteiger partial charge on any atom is -0.394 e. The molecule has 2 fully saturated rings. The number of fused-ring (bicyclic) bond motifs is 2. The number of aliphatic hydroxyl groups excluding tert-OH is 2. The average Bonchev–Trinajstić information content (AvgIpc) is 3.72. The first-order valence-corrected chi connectivity index (χ1v) is 14.1. The monoisotopic (exact) mass is 628 g/mol. The van der Waals surface area contributed by atoms with Gasteiger partial charge in [-0.1, -0.05) is 0 Å². The third kappa shape index (κ3) is 5.13. The molecule has 0 aliphatic carbocycles. The first kappa shape index (κ1) is 29.4. The second-order valence-corrected chi connectivity index (χ2v) is 11.0. The standard InChI is InChI=1S/C21H26FN10O10P/c1-38-14-12(34)8(41-20(14)31-5-27-10-15(23)25-4-26-16(10)31)3-39-43(36,37)42-13-9(22)7(2-33)40-19(13)32-6-28-11-17(32)29-21(24)30-18(11)35/h4-9,12-14,19-20,33-34H,2-3H2,1H3,(H,36,37)(H2,23,25,26)(H3,24,29,30,35)/t7-,8-,9-,12-,13-,14-,19-,20-/m1/s1. The Bertz CT molecular complexity index is 1750. The van der Waals surface area contributed by atoms with Crippen LogP contribution in [-0.4, -0.2) is 111 Å². The SMILES string of the molecule is CO[C@@H]1[C@H](O)[C@@H](COP(=O)(O)O[C@@H]2[C@H](F)[C@@H](CO)O[C@H]2n2cnc3c(=O)[nH]c(N)nc32)O[C@H]1n1cnc2c(N)ncnc21. The van der Waals surface area contributed by atoms with Crippen LogP contribution in [0.15, 0.2) is 23.8 Å². The van der Waals surface area contributed by atoms with E-state index in [0.717, 1.165) is 10.9 Å². The number of phosphoric ester groups is 1. The summed E-state index contributed by atoms with van der Waals surface area (Å²) in [6, 6.07) is 0. The van der Waals surface area contributed by atoms with Crippen molar-refractivity contribution in [2.24, 2.45) is 0 Å². The Morgan fingerprint density at radius 2 is 1.74 bits per heavy atom. The Kier molecular flexibility index (Phi) is 7.61. The van der Waals surface area contributed by atoms with Crippen LogP contribution in [0.4, 0.5) is 16.2 Å². The molecule has 0 radical (unpaired) electrons. The van der Waals surface area contributed by atoms with Crippen molar-refractivity contribution in [3.8, 4) is 0 Å². The van der Waals surface area contributed by atoms with Crippen molar-refractivity contribution in [3.05, 3.63) is 29.3 Å². The van der Waals surface area contributed by atoms with E-state index in [1.54, 1.807) is 0 Å². The molecule has 8 N–H and O–H groups in total. The maximum Gasteiger partial charge on any atom is 0.472 e. The average molecular weight is 628 g/mol. The van der Waals surface area contributed by atoms with E-state index in [-0.39, 0.29) is 34.1 Å². The van der Waals surface area contributed by atoms with Crippen molar-refractivity contribution >= 4 is 41.9 Å². The predicted octanol–water partition coefficient (Wildman–Crippen LogP) is -1.87. The number of anilines is 2. The van der Waals surface area contributed by atoms with Crippen LogP contribution in [0.1, 0.15) is 12.5 Å². The number of aromatic amines is 1. The number of halogens is 1. The van der Waals surface area contributed by atoms with E-state index in [1.165, 1.54) is 24.3 Å². The van der Waals surface area contributed by atoms with Gasteiger partial charge in [0.2, 0.25) is 5.95 Å². The molecule has 0 aromatic carbocycles. The number of aromatic nitrogens is 8. The van der Waals surface area contributed by atoms with Gasteiger partial charge in [0.05, 0.1) is 25.9 Å². The van der Waals surface area contributed by atoms with Crippen LogP contribution in [0.25, 0.3) is 22.3 Å². The number of nitrogen functional groups attached to an aromatic ring is 2. The quantitative estimate of drug-likeness (QED) is 0.111. The summed E-state index contributed by atoms with van der Waals surface area (Å²) in [5.74, 6) is -0.156. The van der Waals surface area contributed by atoms with Gasteiger partial charge in [-0.2, -0.15) is 4.98 Å². The third-order valence-electron chi connectivity index (χ3n) is 7.07. The summed E-state index contributed by atoms with van der Waals surface area (Å²) < 4.78 is 57.9. The van der Waals surface area contributed by atoms with Crippen LogP contribution >= 0.6 is 7.82 Å². The number of rotatable bonds is 9. The molecule has 1 unspecified atom stereocenters. The van der Waals surface area contributed by atoms with Crippen molar-refractivity contribution in [1.29, 1.82) is 0 Å². The van der Waals surface area contributed by atoms with Crippen molar-refractivity contribution in [2.45, 2.75) is 49.1 Å². The van der Waals surface area contributed by atoms with E-state index in [4.69, 9.17) is 34.7 Å². The van der Waals surface area contributed by atoms with E-state index in [9.17, 15) is 24.5 Å². The van der Waals surface area contributed by atoms with Gasteiger partial charge in [-0.15, -0.1) is 0 Å². The van der Waals surface area contributed by atoms with Crippen LogP contribution in [0.2, 0.25) is 0 Å². The molecule has 20 nitrogen and oxygen atoms in total. The fraction of sp³-hybridized carbons (Fsp3) is 0.524. The number of nitrogens with two attached hydrogens (primary N) is 2. The first-order chi connectivity index (χ1) is 20.5. The Hall–Kier alpha value is -3.66. The van der Waals surface area contributed by atoms with Crippen LogP contribution in [0.5, 0.6) is 0 Å². The highest BCUT2D eigenvalue weighted by molar-refractivity contribution is 7.47. The number of methoxy groups -OCH3 is 1. The van der Waals surface area contributed by atoms with Crippen molar-refractivity contribution < 1.29 is 47.3 Å². The molecule has 43 heavy (non-hydrogen) atoms. The second-order valence-electron chi connectivity index (χ2n) is 9.64. The molecule has 6 heterocycles. The molecule has 6 rings (SSSR count). The molecule has 0 amide bonds. The molecular weight excluding hydrogens is 602 g/mol. The molecular formula is C21H26FN10O10P. The number of ether oxygens (including phenoxy) is 3. The molecule has 232 valence electrons. The van der Waals surface area contributed by atoms with Gasteiger partial charge in [0.1, 0.15) is 42.4 Å². The maximum atomic E-state index is 15.3. The molecule has 2 saturated heterocycles. The lowest BCUT2D eigenvalue weighted by molar-refractivity contribution is -0.0643. The van der Waals surface area contributed by atoms with Gasteiger partial charge < -0.3 is 40.8 Å². The highest BCUT2D eigenvalue weighted by atomic mass is 31.2. The number of H-pyrrole nitrogens is 1. The minimum absolute atomic E-state index is 0.119. The summed E-state index contributed by atoms with van der Waals surface area (Å²) in [5.41, 5.74) is 11.0. The topological polar surface area (TPSA) is 283 Å². The van der Waals surface area contributed by atoms with Crippen LogP contribution in [-0.2, 0) is 27.8 Å². The molecule has 0 saturated carbocycles. The van der Waals surface area contributed by atoms with Crippen molar-refractivity contribution in [3.63, 3.8) is 0 Å². The zero-order valence-corrected chi connectivity index (χ0v) is 23.0. The zero-order valence-electron chi connectivity index (χ0n) is 22.1. The normalized spacial score (nSPS) is 30.8. The Morgan fingerprint density at radius 3 is 2.47 bits per heavy atom. The summed E-state index contributed by atoms with van der Waals surface area (Å²) in [7, 11) is -3.78. The minimum atomic E-state index is -5.10. The molecule has 0 bridgehead atoms. The van der Waals surface area contributed by atoms with E-state index in [0.29, 0.717) is 0 Å². The van der Waals surface area contributed by atoms with E-state index in [2.05, 4.69) is 29.9 Å². The van der Waals surface area contributed by atoms with Gasteiger partial charge in [0.15, 0.2) is 41.3 Å². The van der Waals surface area contributed by atoms with Crippen LogP contribution < -0.4 is 17.0 Å². The Balaban J connectivity index is 1.20. The number of nitrogens with one attached hydrogen (secondary N) is 1. The molecule has 9 atom stereocenters. The second kappa shape index (κ2) is 11.1. The van der Waals surface area contributed by atoms with E-state index in [1.807, 2.05) is 0 Å². The van der Waals surface area contributed by atoms with Gasteiger partial charge in [-0.25, -0.2) is 28.9 Å². The summed E-state index contributed by atoms with van der Waals surface area (Å²) in [5, 5.41) is 20.5. The zero-order chi connectivity index (χ0) is 30.6. The number of phosphoric acid groups is 1. The first-order valence-electron chi connectivity index (χ1n) is 12.6. The van der Waals surface area contributed by atoms with Crippen molar-refractivity contribution in [1.82, 2.24) is 39.0 Å². The lowest BCUT2D eigenvalue weighted by atomic mass is 10.1. The molecule has 0 spiro atoms. The highest BCUT2D eigenvalue weighted by Crippen LogP contribution is 2.50. The predicted molar refractivity (Wildman–Crippen MR) is 140 cm³/mol. The summed E-state index contributed by atoms with van der Waals surface area (Å²) >= 11 is 0. The fourth-order valence-electron chi connectivity index (χ4n) is 5.05. The summed E-state index contributed by atoms with van der Waals surface area (Å²) in [6.45, 7) is -1.51. The molecule has 4 aromatic rings. The molecule has 2 aliphatic heterocycles. The van der Waals surface area contributed by atoms with E-state index < -0.39 is 75.7 Å². The van der Waals surface area contributed by atoms with Gasteiger partial charge >= 0.3 is 7.82 Å². The summed E-state index contributed by atoms with van der Waals surface area (Å²) in [4.78, 5) is 45.1. The largest absolute Gasteiger partial charge is 0.472 e. The summed E-state index contributed by atoms with van der Waals surface area (Å²) in [6.07, 6.45) is -7.90. The molecule has 4 aromatic heterocycles. The third-order valence-corrected chi connectivity index (χ3v) is 8.06. The smallest absolute Gasteiger partial charge is 0.394 e. The number of hydrogen-bond acceptors (Lipinski definition) is 16.